The van der Waals surface area contributed by atoms with E-state index in [0.717, 1.165) is 19.3 Å². The van der Waals surface area contributed by atoms with E-state index in [4.69, 9.17) is 0 Å². The van der Waals surface area contributed by atoms with Crippen LogP contribution in [0.1, 0.15) is 57.8 Å². The van der Waals surface area contributed by atoms with Gasteiger partial charge in [0.15, 0.2) is 5.79 Å². The average Bonchev–Trinajstić information content (AvgIpc) is 2.11. The van der Waals surface area contributed by atoms with Crippen LogP contribution >= 0.6 is 0 Å². The summed E-state index contributed by atoms with van der Waals surface area (Å²) in [6.07, 6.45) is 13.3. The smallest absolute Gasteiger partial charge is 0.182 e. The summed E-state index contributed by atoms with van der Waals surface area (Å²) in [4.78, 5) is 0. The minimum atomic E-state index is -1.56. The van der Waals surface area contributed by atoms with Crippen LogP contribution in [0, 0.1) is 0 Å². The molecule has 0 unspecified atom stereocenters. The van der Waals surface area contributed by atoms with Crippen LogP contribution in [0.15, 0.2) is 12.2 Å². The molecule has 1 aliphatic rings. The maximum absolute atomic E-state index is 9.53. The van der Waals surface area contributed by atoms with Crippen LogP contribution in [0.3, 0.4) is 0 Å². The molecule has 82 valence electrons. The molecule has 0 atom stereocenters. The predicted molar refractivity (Wildman–Crippen MR) is 57.9 cm³/mol. The third-order valence-electron chi connectivity index (χ3n) is 2.80. The zero-order valence-corrected chi connectivity index (χ0v) is 8.91. The van der Waals surface area contributed by atoms with Gasteiger partial charge in [0.1, 0.15) is 0 Å². The van der Waals surface area contributed by atoms with Crippen molar-refractivity contribution in [2.75, 3.05) is 0 Å². The number of hydrogen-bond acceptors (Lipinski definition) is 2. The molecule has 0 heterocycles. The quantitative estimate of drug-likeness (QED) is 0.464. The van der Waals surface area contributed by atoms with Crippen molar-refractivity contribution < 1.29 is 10.2 Å². The Kier molecular flexibility index (Phi) is 5.20. The minimum absolute atomic E-state index is 0.476. The number of hydrogen-bond donors (Lipinski definition) is 2. The molecule has 0 aromatic rings. The Bertz CT molecular complexity index is 173. The third-order valence-corrected chi connectivity index (χ3v) is 2.80. The largest absolute Gasteiger partial charge is 0.362 e. The molecule has 2 nitrogen and oxygen atoms in total. The van der Waals surface area contributed by atoms with Crippen molar-refractivity contribution >= 4 is 0 Å². The van der Waals surface area contributed by atoms with Crippen LogP contribution in [-0.2, 0) is 0 Å². The highest BCUT2D eigenvalue weighted by atomic mass is 16.5. The molecule has 2 N–H and O–H groups in total. The van der Waals surface area contributed by atoms with Crippen LogP contribution in [0.4, 0.5) is 0 Å². The molecule has 1 aliphatic carbocycles. The Morgan fingerprint density at radius 3 is 2.07 bits per heavy atom. The highest BCUT2D eigenvalue weighted by Gasteiger charge is 2.17. The Balaban J connectivity index is 2.37. The van der Waals surface area contributed by atoms with Crippen molar-refractivity contribution in [1.29, 1.82) is 0 Å². The van der Waals surface area contributed by atoms with E-state index in [2.05, 4.69) is 0 Å². The first-order valence-electron chi connectivity index (χ1n) is 5.83. The first-order chi connectivity index (χ1) is 6.71. The van der Waals surface area contributed by atoms with Gasteiger partial charge in [-0.05, 0) is 25.3 Å². The van der Waals surface area contributed by atoms with Crippen molar-refractivity contribution in [2.45, 2.75) is 63.6 Å². The van der Waals surface area contributed by atoms with E-state index in [9.17, 15) is 10.2 Å². The molecular formula is C12H22O2. The molecule has 0 radical (unpaired) electrons. The Morgan fingerprint density at radius 2 is 1.36 bits per heavy atom. The topological polar surface area (TPSA) is 40.5 Å². The molecule has 0 saturated heterocycles. The van der Waals surface area contributed by atoms with Crippen LogP contribution in [-0.4, -0.2) is 16.0 Å². The van der Waals surface area contributed by atoms with Gasteiger partial charge in [0.2, 0.25) is 0 Å². The second-order valence-corrected chi connectivity index (χ2v) is 4.29. The van der Waals surface area contributed by atoms with E-state index < -0.39 is 5.79 Å². The summed E-state index contributed by atoms with van der Waals surface area (Å²) in [7, 11) is 0. The third kappa shape index (κ3) is 5.40. The van der Waals surface area contributed by atoms with Crippen LogP contribution < -0.4 is 0 Å². The Hall–Kier alpha value is -0.340. The lowest BCUT2D eigenvalue weighted by Crippen LogP contribution is -2.24. The standard InChI is InChI=1S/C12H22O2/c13-12(14)10-8-6-4-2-1-3-5-7-9-11-12/h8,10,13-14H,1-7,9,11H2. The van der Waals surface area contributed by atoms with Crippen molar-refractivity contribution in [3.8, 4) is 0 Å². The Morgan fingerprint density at radius 1 is 0.786 bits per heavy atom. The van der Waals surface area contributed by atoms with Crippen molar-refractivity contribution in [1.82, 2.24) is 0 Å². The summed E-state index contributed by atoms with van der Waals surface area (Å²) in [5.74, 6) is -1.56. The SMILES string of the molecule is OC1(O)C=CCCCCCCCCC1. The lowest BCUT2D eigenvalue weighted by Gasteiger charge is -2.17. The lowest BCUT2D eigenvalue weighted by molar-refractivity contribution is -0.124. The highest BCUT2D eigenvalue weighted by molar-refractivity contribution is 4.93. The second kappa shape index (κ2) is 6.20. The summed E-state index contributed by atoms with van der Waals surface area (Å²) in [6, 6.07) is 0. The maximum atomic E-state index is 9.53. The van der Waals surface area contributed by atoms with Gasteiger partial charge in [0, 0.05) is 6.42 Å². The molecule has 0 saturated carbocycles. The Labute approximate surface area is 86.6 Å². The van der Waals surface area contributed by atoms with Crippen molar-refractivity contribution in [3.05, 3.63) is 12.2 Å². The zero-order chi connectivity index (χ0) is 10.3. The van der Waals surface area contributed by atoms with E-state index in [-0.39, 0.29) is 0 Å². The summed E-state index contributed by atoms with van der Waals surface area (Å²) in [6.45, 7) is 0. The molecule has 0 aliphatic heterocycles. The number of rotatable bonds is 0. The van der Waals surface area contributed by atoms with Crippen molar-refractivity contribution in [2.24, 2.45) is 0 Å². The average molecular weight is 198 g/mol. The van der Waals surface area contributed by atoms with E-state index in [1.807, 2.05) is 6.08 Å². The fourth-order valence-corrected chi connectivity index (χ4v) is 1.89. The van der Waals surface area contributed by atoms with E-state index in [1.165, 1.54) is 32.1 Å². The van der Waals surface area contributed by atoms with Gasteiger partial charge in [0.25, 0.3) is 0 Å². The summed E-state index contributed by atoms with van der Waals surface area (Å²) in [5, 5.41) is 19.1. The van der Waals surface area contributed by atoms with E-state index >= 15 is 0 Å². The van der Waals surface area contributed by atoms with Crippen LogP contribution in [0.5, 0.6) is 0 Å². The molecule has 0 aromatic carbocycles. The first kappa shape index (κ1) is 11.7. The van der Waals surface area contributed by atoms with Crippen molar-refractivity contribution in [3.63, 3.8) is 0 Å². The predicted octanol–water partition coefficient (Wildman–Crippen LogP) is 2.75. The lowest BCUT2D eigenvalue weighted by atomic mass is 10.0. The van der Waals surface area contributed by atoms with Gasteiger partial charge in [-0.15, -0.1) is 0 Å². The first-order valence-corrected chi connectivity index (χ1v) is 5.83. The molecule has 14 heavy (non-hydrogen) atoms. The van der Waals surface area contributed by atoms with Gasteiger partial charge in [-0.3, -0.25) is 0 Å². The molecule has 0 bridgehead atoms. The molecule has 1 rings (SSSR count). The summed E-state index contributed by atoms with van der Waals surface area (Å²) < 4.78 is 0. The van der Waals surface area contributed by atoms with Gasteiger partial charge in [-0.2, -0.15) is 0 Å². The molecule has 2 heteroatoms. The number of aliphatic hydroxyl groups is 2. The second-order valence-electron chi connectivity index (χ2n) is 4.29. The van der Waals surface area contributed by atoms with Gasteiger partial charge >= 0.3 is 0 Å². The molecule has 0 aromatic heterocycles. The van der Waals surface area contributed by atoms with Gasteiger partial charge in [-0.1, -0.05) is 38.2 Å². The summed E-state index contributed by atoms with van der Waals surface area (Å²) in [5.41, 5.74) is 0. The summed E-state index contributed by atoms with van der Waals surface area (Å²) >= 11 is 0. The molecule has 0 spiro atoms. The monoisotopic (exact) mass is 198 g/mol. The fraction of sp³-hybridized carbons (Fsp3) is 0.833. The maximum Gasteiger partial charge on any atom is 0.182 e. The fourth-order valence-electron chi connectivity index (χ4n) is 1.89. The normalized spacial score (nSPS) is 25.0. The molecule has 0 amide bonds. The zero-order valence-electron chi connectivity index (χ0n) is 8.91. The number of allylic oxidation sites excluding steroid dienone is 1. The van der Waals surface area contributed by atoms with Crippen LogP contribution in [0.2, 0.25) is 0 Å². The molecule has 0 fully saturated rings. The minimum Gasteiger partial charge on any atom is -0.362 e. The van der Waals surface area contributed by atoms with Gasteiger partial charge in [-0.25, -0.2) is 0 Å². The van der Waals surface area contributed by atoms with Gasteiger partial charge in [0.05, 0.1) is 0 Å². The van der Waals surface area contributed by atoms with E-state index in [1.54, 1.807) is 6.08 Å². The molecular weight excluding hydrogens is 176 g/mol. The highest BCUT2D eigenvalue weighted by Crippen LogP contribution is 2.17. The van der Waals surface area contributed by atoms with E-state index in [0.29, 0.717) is 6.42 Å². The van der Waals surface area contributed by atoms with Crippen LogP contribution in [0.25, 0.3) is 0 Å². The van der Waals surface area contributed by atoms with Gasteiger partial charge < -0.3 is 10.2 Å².